The molecule has 0 amide bonds. The van der Waals surface area contributed by atoms with E-state index in [4.69, 9.17) is 0 Å². The molecule has 19 heavy (non-hydrogen) atoms. The predicted molar refractivity (Wildman–Crippen MR) is 66.5 cm³/mol. The number of nitrogens with one attached hydrogen (secondary N) is 1. The Hall–Kier alpha value is -2.30. The zero-order valence-electron chi connectivity index (χ0n) is 9.70. The number of fused-ring (bicyclic) bond motifs is 1. The van der Waals surface area contributed by atoms with E-state index < -0.39 is 11.7 Å². The maximum Gasteiger partial charge on any atom is 0.417 e. The molecule has 0 saturated carbocycles. The third kappa shape index (κ3) is 2.07. The highest BCUT2D eigenvalue weighted by atomic mass is 19.4. The van der Waals surface area contributed by atoms with Crippen molar-refractivity contribution in [3.63, 3.8) is 0 Å². The maximum absolute atomic E-state index is 13.0. The number of hydrogen-bond acceptors (Lipinski definition) is 1. The van der Waals surface area contributed by atoms with Gasteiger partial charge in [-0.3, -0.25) is 0 Å². The van der Waals surface area contributed by atoms with E-state index in [9.17, 15) is 13.2 Å². The third-order valence-electron chi connectivity index (χ3n) is 2.91. The highest BCUT2D eigenvalue weighted by Gasteiger charge is 2.33. The fourth-order valence-corrected chi connectivity index (χ4v) is 2.07. The number of pyridine rings is 1. The SMILES string of the molecule is FC(F)(F)c1ccccc1-c1cc2cccnc2[nH]1. The van der Waals surface area contributed by atoms with E-state index in [0.717, 1.165) is 11.5 Å². The van der Waals surface area contributed by atoms with Crippen LogP contribution in [0.25, 0.3) is 22.3 Å². The van der Waals surface area contributed by atoms with Crippen LogP contribution in [0.1, 0.15) is 5.56 Å². The van der Waals surface area contributed by atoms with Crippen LogP contribution in [0.15, 0.2) is 48.7 Å². The van der Waals surface area contributed by atoms with Crippen LogP contribution >= 0.6 is 0 Å². The summed E-state index contributed by atoms with van der Waals surface area (Å²) in [5.74, 6) is 0. The van der Waals surface area contributed by atoms with Crippen molar-refractivity contribution in [2.24, 2.45) is 0 Å². The lowest BCUT2D eigenvalue weighted by Crippen LogP contribution is -2.06. The van der Waals surface area contributed by atoms with Gasteiger partial charge in [0.25, 0.3) is 0 Å². The minimum atomic E-state index is -4.37. The van der Waals surface area contributed by atoms with Crippen molar-refractivity contribution in [1.82, 2.24) is 9.97 Å². The molecule has 2 heterocycles. The summed E-state index contributed by atoms with van der Waals surface area (Å²) >= 11 is 0. The molecule has 0 aliphatic carbocycles. The Morgan fingerprint density at radius 3 is 2.53 bits per heavy atom. The van der Waals surface area contributed by atoms with Crippen LogP contribution in [0.3, 0.4) is 0 Å². The van der Waals surface area contributed by atoms with Crippen LogP contribution in [-0.2, 0) is 6.18 Å². The van der Waals surface area contributed by atoms with E-state index in [2.05, 4.69) is 9.97 Å². The van der Waals surface area contributed by atoms with Crippen molar-refractivity contribution in [1.29, 1.82) is 0 Å². The molecular weight excluding hydrogens is 253 g/mol. The Morgan fingerprint density at radius 1 is 1.00 bits per heavy atom. The topological polar surface area (TPSA) is 28.7 Å². The number of H-pyrrole nitrogens is 1. The second-order valence-corrected chi connectivity index (χ2v) is 4.17. The average Bonchev–Trinajstić information content (AvgIpc) is 2.81. The van der Waals surface area contributed by atoms with Gasteiger partial charge in [0.15, 0.2) is 0 Å². The van der Waals surface area contributed by atoms with E-state index in [1.165, 1.54) is 12.1 Å². The quantitative estimate of drug-likeness (QED) is 0.697. The number of rotatable bonds is 1. The van der Waals surface area contributed by atoms with Gasteiger partial charge in [0.05, 0.1) is 5.56 Å². The number of benzene rings is 1. The molecule has 3 rings (SSSR count). The normalized spacial score (nSPS) is 11.9. The van der Waals surface area contributed by atoms with Gasteiger partial charge in [-0.2, -0.15) is 13.2 Å². The Labute approximate surface area is 106 Å². The summed E-state index contributed by atoms with van der Waals surface area (Å²) < 4.78 is 38.9. The van der Waals surface area contributed by atoms with Gasteiger partial charge in [-0.1, -0.05) is 18.2 Å². The molecule has 0 atom stereocenters. The monoisotopic (exact) mass is 262 g/mol. The number of nitrogens with zero attached hydrogens (tertiary/aromatic N) is 1. The molecule has 0 aliphatic rings. The molecule has 0 aliphatic heterocycles. The minimum Gasteiger partial charge on any atom is -0.339 e. The zero-order chi connectivity index (χ0) is 13.5. The molecular formula is C14H9F3N2. The molecule has 0 unspecified atom stereocenters. The second-order valence-electron chi connectivity index (χ2n) is 4.17. The molecule has 0 spiro atoms. The van der Waals surface area contributed by atoms with Crippen molar-refractivity contribution in [3.8, 4) is 11.3 Å². The molecule has 1 aromatic carbocycles. The van der Waals surface area contributed by atoms with Gasteiger partial charge in [0.1, 0.15) is 5.65 Å². The minimum absolute atomic E-state index is 0.132. The first-order chi connectivity index (χ1) is 9.05. The van der Waals surface area contributed by atoms with Crippen LogP contribution in [0.5, 0.6) is 0 Å². The Balaban J connectivity index is 2.22. The van der Waals surface area contributed by atoms with Gasteiger partial charge in [-0.15, -0.1) is 0 Å². The summed E-state index contributed by atoms with van der Waals surface area (Å²) in [5.41, 5.74) is 0.477. The number of aromatic amines is 1. The van der Waals surface area contributed by atoms with E-state index in [0.29, 0.717) is 11.3 Å². The molecule has 96 valence electrons. The van der Waals surface area contributed by atoms with Crippen molar-refractivity contribution in [2.75, 3.05) is 0 Å². The Kier molecular flexibility index (Phi) is 2.55. The number of halogens is 3. The summed E-state index contributed by atoms with van der Waals surface area (Å²) in [6.45, 7) is 0. The average molecular weight is 262 g/mol. The predicted octanol–water partition coefficient (Wildman–Crippen LogP) is 4.25. The summed E-state index contributed by atoms with van der Waals surface area (Å²) in [6, 6.07) is 10.7. The molecule has 3 aromatic rings. The second kappa shape index (κ2) is 4.12. The van der Waals surface area contributed by atoms with Gasteiger partial charge < -0.3 is 4.98 Å². The lowest BCUT2D eigenvalue weighted by molar-refractivity contribution is -0.137. The fraction of sp³-hybridized carbons (Fsp3) is 0.0714. The van der Waals surface area contributed by atoms with Crippen molar-refractivity contribution >= 4 is 11.0 Å². The largest absolute Gasteiger partial charge is 0.417 e. The lowest BCUT2D eigenvalue weighted by Gasteiger charge is -2.11. The molecule has 0 saturated heterocycles. The van der Waals surface area contributed by atoms with Crippen molar-refractivity contribution in [3.05, 3.63) is 54.2 Å². The van der Waals surface area contributed by atoms with E-state index >= 15 is 0 Å². The summed E-state index contributed by atoms with van der Waals surface area (Å²) in [4.78, 5) is 7.00. The van der Waals surface area contributed by atoms with Gasteiger partial charge in [-0.05, 0) is 24.3 Å². The van der Waals surface area contributed by atoms with Gasteiger partial charge in [-0.25, -0.2) is 4.98 Å². The smallest absolute Gasteiger partial charge is 0.339 e. The third-order valence-corrected chi connectivity index (χ3v) is 2.91. The first-order valence-electron chi connectivity index (χ1n) is 5.66. The summed E-state index contributed by atoms with van der Waals surface area (Å²) in [5, 5.41) is 0.787. The fourth-order valence-electron chi connectivity index (χ4n) is 2.07. The molecule has 2 nitrogen and oxygen atoms in total. The number of aromatic nitrogens is 2. The Morgan fingerprint density at radius 2 is 1.79 bits per heavy atom. The summed E-state index contributed by atoms with van der Waals surface area (Å²) in [6.07, 6.45) is -2.78. The highest BCUT2D eigenvalue weighted by molar-refractivity contribution is 5.83. The standard InChI is InChI=1S/C14H9F3N2/c15-14(16,17)11-6-2-1-5-10(11)12-8-9-4-3-7-18-13(9)19-12/h1-8H,(H,18,19). The first kappa shape index (κ1) is 11.8. The Bertz CT molecular complexity index is 696. The van der Waals surface area contributed by atoms with Gasteiger partial charge in [0, 0.05) is 22.8 Å². The molecule has 5 heteroatoms. The van der Waals surface area contributed by atoms with Crippen LogP contribution in [0.4, 0.5) is 13.2 Å². The molecule has 0 fully saturated rings. The number of alkyl halides is 3. The van der Waals surface area contributed by atoms with Gasteiger partial charge in [0.2, 0.25) is 0 Å². The van der Waals surface area contributed by atoms with E-state index in [-0.39, 0.29) is 5.56 Å². The van der Waals surface area contributed by atoms with Crippen molar-refractivity contribution in [2.45, 2.75) is 6.18 Å². The first-order valence-corrected chi connectivity index (χ1v) is 5.66. The van der Waals surface area contributed by atoms with Crippen LogP contribution < -0.4 is 0 Å². The summed E-state index contributed by atoms with van der Waals surface area (Å²) in [7, 11) is 0. The van der Waals surface area contributed by atoms with Crippen LogP contribution in [0.2, 0.25) is 0 Å². The van der Waals surface area contributed by atoms with E-state index in [1.54, 1.807) is 30.5 Å². The van der Waals surface area contributed by atoms with Crippen molar-refractivity contribution < 1.29 is 13.2 Å². The maximum atomic E-state index is 13.0. The van der Waals surface area contributed by atoms with Crippen LogP contribution in [0, 0.1) is 0 Å². The molecule has 0 radical (unpaired) electrons. The van der Waals surface area contributed by atoms with Gasteiger partial charge >= 0.3 is 6.18 Å². The van der Waals surface area contributed by atoms with E-state index in [1.807, 2.05) is 0 Å². The molecule has 2 aromatic heterocycles. The van der Waals surface area contributed by atoms with Crippen LogP contribution in [-0.4, -0.2) is 9.97 Å². The molecule has 1 N–H and O–H groups in total. The molecule has 0 bridgehead atoms. The number of hydrogen-bond donors (Lipinski definition) is 1. The lowest BCUT2D eigenvalue weighted by atomic mass is 10.0. The zero-order valence-corrected chi connectivity index (χ0v) is 9.70. The highest BCUT2D eigenvalue weighted by Crippen LogP contribution is 2.37.